The molecular formula is C30H21NO3S. The Labute approximate surface area is 207 Å². The molecule has 0 fully saturated rings. The first-order valence-electron chi connectivity index (χ1n) is 11.4. The van der Waals surface area contributed by atoms with E-state index in [1.807, 2.05) is 73.7 Å². The van der Waals surface area contributed by atoms with Gasteiger partial charge in [-0.2, -0.15) is 0 Å². The molecule has 0 saturated carbocycles. The monoisotopic (exact) mass is 475 g/mol. The Morgan fingerprint density at radius 2 is 1.51 bits per heavy atom. The molecule has 35 heavy (non-hydrogen) atoms. The average molecular weight is 476 g/mol. The number of benzene rings is 4. The summed E-state index contributed by atoms with van der Waals surface area (Å²) >= 11 is 1.65. The van der Waals surface area contributed by atoms with Gasteiger partial charge >= 0.3 is 5.97 Å². The van der Waals surface area contributed by atoms with Gasteiger partial charge in [-0.1, -0.05) is 66.2 Å². The fourth-order valence-electron chi connectivity index (χ4n) is 4.48. The van der Waals surface area contributed by atoms with Crippen LogP contribution in [0.2, 0.25) is 0 Å². The second kappa shape index (κ2) is 8.60. The van der Waals surface area contributed by atoms with Gasteiger partial charge in [0.1, 0.15) is 5.75 Å². The molecule has 170 valence electrons. The van der Waals surface area contributed by atoms with Crippen molar-refractivity contribution in [1.82, 2.24) is 0 Å². The topological polar surface area (TPSA) is 55.4 Å². The third-order valence-corrected chi connectivity index (χ3v) is 7.64. The van der Waals surface area contributed by atoms with Gasteiger partial charge in [0.15, 0.2) is 5.78 Å². The van der Waals surface area contributed by atoms with Crippen molar-refractivity contribution in [3.05, 3.63) is 130 Å². The third kappa shape index (κ3) is 3.84. The Kier molecular flexibility index (Phi) is 5.27. The second-order valence-corrected chi connectivity index (χ2v) is 9.75. The number of nitrogens with one attached hydrogen (secondary N) is 1. The van der Waals surface area contributed by atoms with E-state index in [4.69, 9.17) is 4.74 Å². The molecule has 1 unspecified atom stereocenters. The smallest absolute Gasteiger partial charge is 0.343 e. The highest BCUT2D eigenvalue weighted by molar-refractivity contribution is 8.00. The number of ketones is 1. The van der Waals surface area contributed by atoms with Crippen LogP contribution in [0.1, 0.15) is 42.7 Å². The molecule has 0 amide bonds. The largest absolute Gasteiger partial charge is 0.423 e. The van der Waals surface area contributed by atoms with Crippen LogP contribution in [0, 0.1) is 6.92 Å². The number of ether oxygens (including phenoxy) is 1. The number of anilines is 1. The van der Waals surface area contributed by atoms with Crippen molar-refractivity contribution in [2.24, 2.45) is 0 Å². The minimum Gasteiger partial charge on any atom is -0.423 e. The Bertz CT molecular complexity index is 1500. The first kappa shape index (κ1) is 21.4. The molecule has 0 radical (unpaired) electrons. The maximum Gasteiger partial charge on any atom is 0.343 e. The van der Waals surface area contributed by atoms with Gasteiger partial charge in [-0.3, -0.25) is 4.79 Å². The minimum absolute atomic E-state index is 0.0447. The van der Waals surface area contributed by atoms with E-state index in [1.54, 1.807) is 36.0 Å². The highest BCUT2D eigenvalue weighted by atomic mass is 32.2. The van der Waals surface area contributed by atoms with Gasteiger partial charge in [0.2, 0.25) is 0 Å². The lowest BCUT2D eigenvalue weighted by atomic mass is 10.0. The van der Waals surface area contributed by atoms with Gasteiger partial charge in [-0.15, -0.1) is 11.8 Å². The van der Waals surface area contributed by atoms with E-state index in [0.717, 1.165) is 44.1 Å². The number of carbonyl (C=O) groups is 2. The Hall–Kier alpha value is -4.09. The summed E-state index contributed by atoms with van der Waals surface area (Å²) in [7, 11) is 0. The van der Waals surface area contributed by atoms with Crippen LogP contribution in [0.3, 0.4) is 0 Å². The van der Waals surface area contributed by atoms with Crippen molar-refractivity contribution in [1.29, 1.82) is 0 Å². The summed E-state index contributed by atoms with van der Waals surface area (Å²) in [6.45, 7) is 1.97. The van der Waals surface area contributed by atoms with Crippen LogP contribution in [0.5, 0.6) is 5.75 Å². The molecule has 1 aliphatic carbocycles. The van der Waals surface area contributed by atoms with Crippen LogP contribution in [0.15, 0.2) is 108 Å². The van der Waals surface area contributed by atoms with Gasteiger partial charge in [-0.05, 0) is 48.9 Å². The Morgan fingerprint density at radius 1 is 0.829 bits per heavy atom. The van der Waals surface area contributed by atoms with E-state index in [-0.39, 0.29) is 11.0 Å². The van der Waals surface area contributed by atoms with Gasteiger partial charge < -0.3 is 10.1 Å². The van der Waals surface area contributed by atoms with Crippen LogP contribution in [-0.4, -0.2) is 11.8 Å². The van der Waals surface area contributed by atoms with E-state index in [2.05, 4.69) is 11.4 Å². The first-order chi connectivity index (χ1) is 17.1. The molecule has 6 rings (SSSR count). The number of fused-ring (bicyclic) bond motifs is 3. The van der Waals surface area contributed by atoms with Crippen LogP contribution in [0.4, 0.5) is 5.69 Å². The number of esters is 1. The number of para-hydroxylation sites is 1. The van der Waals surface area contributed by atoms with Crippen LogP contribution in [-0.2, 0) is 0 Å². The van der Waals surface area contributed by atoms with Crippen molar-refractivity contribution in [2.75, 3.05) is 5.32 Å². The second-order valence-electron chi connectivity index (χ2n) is 8.61. The lowest BCUT2D eigenvalue weighted by molar-refractivity contribution is 0.0734. The standard InChI is InChI=1S/C30H21NO3S/c1-18-10-12-20(13-11-18)30(33)34-21-16-14-19(15-17-21)29-26-27(22-6-2-3-7-23(22)28(26)32)31-24-8-4-5-9-25(24)35-29/h2-17,29,31H,1H3. The number of Topliss-reactive ketones (excluding diaryl/α,β-unsaturated/α-hetero) is 1. The number of thioether (sulfide) groups is 1. The van der Waals surface area contributed by atoms with Gasteiger partial charge in [0.25, 0.3) is 0 Å². The molecule has 0 spiro atoms. The van der Waals surface area contributed by atoms with Crippen molar-refractivity contribution >= 4 is 34.9 Å². The molecule has 5 heteroatoms. The molecular weight excluding hydrogens is 454 g/mol. The highest BCUT2D eigenvalue weighted by Crippen LogP contribution is 2.52. The lowest BCUT2D eigenvalue weighted by Gasteiger charge is -2.17. The molecule has 1 aliphatic heterocycles. The van der Waals surface area contributed by atoms with Gasteiger partial charge in [0.05, 0.1) is 22.2 Å². The Morgan fingerprint density at radius 3 is 2.29 bits per heavy atom. The van der Waals surface area contributed by atoms with Crippen molar-refractivity contribution in [3.63, 3.8) is 0 Å². The van der Waals surface area contributed by atoms with E-state index in [1.165, 1.54) is 0 Å². The van der Waals surface area contributed by atoms with Crippen LogP contribution in [0.25, 0.3) is 5.70 Å². The number of rotatable bonds is 3. The number of aryl methyl sites for hydroxylation is 1. The fraction of sp³-hybridized carbons (Fsp3) is 0.0667. The predicted molar refractivity (Wildman–Crippen MR) is 139 cm³/mol. The summed E-state index contributed by atoms with van der Waals surface area (Å²) in [5.41, 5.74) is 6.81. The Balaban J connectivity index is 1.35. The van der Waals surface area contributed by atoms with Crippen molar-refractivity contribution < 1.29 is 14.3 Å². The fourth-order valence-corrected chi connectivity index (χ4v) is 5.77. The molecule has 0 bridgehead atoms. The van der Waals surface area contributed by atoms with Gasteiger partial charge in [0, 0.05) is 21.6 Å². The number of hydrogen-bond acceptors (Lipinski definition) is 5. The third-order valence-electron chi connectivity index (χ3n) is 6.29. The zero-order chi connectivity index (χ0) is 23.9. The SMILES string of the molecule is Cc1ccc(C(=O)Oc2ccc(C3Sc4ccccc4NC4=C3C(=O)c3ccccc34)cc2)cc1. The highest BCUT2D eigenvalue weighted by Gasteiger charge is 2.38. The first-order valence-corrected chi connectivity index (χ1v) is 12.3. The molecule has 1 N–H and O–H groups in total. The summed E-state index contributed by atoms with van der Waals surface area (Å²) in [5.74, 6) is 0.112. The molecule has 0 aromatic heterocycles. The van der Waals surface area contributed by atoms with Crippen molar-refractivity contribution in [2.45, 2.75) is 17.1 Å². The van der Waals surface area contributed by atoms with E-state index < -0.39 is 5.97 Å². The number of carbonyl (C=O) groups excluding carboxylic acids is 2. The van der Waals surface area contributed by atoms with E-state index >= 15 is 0 Å². The van der Waals surface area contributed by atoms with E-state index in [9.17, 15) is 9.59 Å². The summed E-state index contributed by atoms with van der Waals surface area (Å²) in [6.07, 6.45) is 0. The zero-order valence-electron chi connectivity index (χ0n) is 18.9. The average Bonchev–Trinajstić information content (AvgIpc) is 3.04. The number of hydrogen-bond donors (Lipinski definition) is 1. The van der Waals surface area contributed by atoms with Crippen LogP contribution >= 0.6 is 11.8 Å². The molecule has 4 aromatic rings. The van der Waals surface area contributed by atoms with Gasteiger partial charge in [-0.25, -0.2) is 4.79 Å². The van der Waals surface area contributed by atoms with E-state index in [0.29, 0.717) is 11.3 Å². The summed E-state index contributed by atoms with van der Waals surface area (Å²) in [5, 5.41) is 3.33. The molecule has 4 aromatic carbocycles. The maximum atomic E-state index is 13.5. The summed E-state index contributed by atoms with van der Waals surface area (Å²) < 4.78 is 5.58. The minimum atomic E-state index is -0.397. The maximum absolute atomic E-state index is 13.5. The molecule has 0 saturated heterocycles. The molecule has 1 heterocycles. The quantitative estimate of drug-likeness (QED) is 0.253. The molecule has 1 atom stereocenters. The normalized spacial score (nSPS) is 16.0. The van der Waals surface area contributed by atoms with Crippen molar-refractivity contribution in [3.8, 4) is 5.75 Å². The lowest BCUT2D eigenvalue weighted by Crippen LogP contribution is -2.09. The molecule has 2 aliphatic rings. The predicted octanol–water partition coefficient (Wildman–Crippen LogP) is 7.08. The summed E-state index contributed by atoms with van der Waals surface area (Å²) in [6, 6.07) is 30.6. The zero-order valence-corrected chi connectivity index (χ0v) is 19.8. The van der Waals surface area contributed by atoms with Crippen LogP contribution < -0.4 is 10.1 Å². The molecule has 4 nitrogen and oxygen atoms in total. The summed E-state index contributed by atoms with van der Waals surface area (Å²) in [4.78, 5) is 27.1.